The third kappa shape index (κ3) is 2.47. The molecule has 1 unspecified atom stereocenters. The van der Waals surface area contributed by atoms with Crippen LogP contribution >= 0.6 is 11.3 Å². The second-order valence-corrected chi connectivity index (χ2v) is 4.99. The number of rotatable bonds is 4. The van der Waals surface area contributed by atoms with Crippen LogP contribution in [0.4, 0.5) is 10.8 Å². The van der Waals surface area contributed by atoms with Crippen LogP contribution in [-0.2, 0) is 0 Å². The van der Waals surface area contributed by atoms with Gasteiger partial charge in [-0.15, -0.1) is 0 Å². The van der Waals surface area contributed by atoms with Crippen molar-refractivity contribution in [1.29, 1.82) is 0 Å². The van der Waals surface area contributed by atoms with Gasteiger partial charge in [-0.1, -0.05) is 23.5 Å². The third-order valence-corrected chi connectivity index (χ3v) is 3.90. The van der Waals surface area contributed by atoms with E-state index in [4.69, 9.17) is 4.74 Å². The zero-order chi connectivity index (χ0) is 13.1. The Morgan fingerprint density at radius 1 is 1.39 bits per heavy atom. The first-order valence-electron chi connectivity index (χ1n) is 5.64. The number of anilines is 2. The Kier molecular flexibility index (Phi) is 3.84. The Balaban J connectivity index is 2.32. The first-order valence-corrected chi connectivity index (χ1v) is 6.45. The zero-order valence-corrected chi connectivity index (χ0v) is 11.4. The van der Waals surface area contributed by atoms with Crippen molar-refractivity contribution in [3.63, 3.8) is 0 Å². The van der Waals surface area contributed by atoms with E-state index in [0.29, 0.717) is 0 Å². The largest absolute Gasteiger partial charge is 0.495 e. The molecule has 18 heavy (non-hydrogen) atoms. The van der Waals surface area contributed by atoms with Crippen molar-refractivity contribution in [3.05, 3.63) is 35.3 Å². The average molecular weight is 264 g/mol. The zero-order valence-electron chi connectivity index (χ0n) is 10.6. The van der Waals surface area contributed by atoms with Crippen LogP contribution in [0.1, 0.15) is 17.9 Å². The summed E-state index contributed by atoms with van der Waals surface area (Å²) in [5.74, 6) is 0.800. The van der Waals surface area contributed by atoms with E-state index in [1.165, 1.54) is 11.3 Å². The summed E-state index contributed by atoms with van der Waals surface area (Å²) < 4.78 is 5.33. The van der Waals surface area contributed by atoms with E-state index in [1.54, 1.807) is 20.2 Å². The van der Waals surface area contributed by atoms with Gasteiger partial charge >= 0.3 is 0 Å². The number of thiazole rings is 1. The number of aliphatic hydroxyl groups excluding tert-OH is 1. The maximum atomic E-state index is 9.52. The number of nitrogens with zero attached hydrogens (tertiary/aromatic N) is 2. The number of aromatic nitrogens is 1. The van der Waals surface area contributed by atoms with Crippen LogP contribution in [0.25, 0.3) is 0 Å². The maximum Gasteiger partial charge on any atom is 0.189 e. The van der Waals surface area contributed by atoms with Crippen LogP contribution < -0.4 is 9.64 Å². The van der Waals surface area contributed by atoms with Gasteiger partial charge in [0.05, 0.1) is 23.8 Å². The summed E-state index contributed by atoms with van der Waals surface area (Å²) in [4.78, 5) is 7.13. The average Bonchev–Trinajstić information content (AvgIpc) is 2.87. The molecule has 2 aromatic rings. The molecule has 0 fully saturated rings. The number of para-hydroxylation sites is 2. The molecule has 1 heterocycles. The van der Waals surface area contributed by atoms with Crippen LogP contribution in [-0.4, -0.2) is 24.2 Å². The molecule has 1 atom stereocenters. The predicted octanol–water partition coefficient (Wildman–Crippen LogP) is 2.97. The van der Waals surface area contributed by atoms with Crippen molar-refractivity contribution in [2.75, 3.05) is 19.1 Å². The Labute approximate surface area is 110 Å². The molecule has 0 spiro atoms. The monoisotopic (exact) mass is 264 g/mol. The fourth-order valence-electron chi connectivity index (χ4n) is 1.64. The lowest BCUT2D eigenvalue weighted by atomic mass is 10.3. The van der Waals surface area contributed by atoms with Crippen LogP contribution in [0, 0.1) is 0 Å². The highest BCUT2D eigenvalue weighted by atomic mass is 32.1. The first kappa shape index (κ1) is 12.9. The molecule has 0 saturated carbocycles. The van der Waals surface area contributed by atoms with Gasteiger partial charge in [0.2, 0.25) is 0 Å². The standard InChI is InChI=1S/C13H16N2O2S/c1-9(16)12-8-14-13(18-12)15(2)10-6-4-5-7-11(10)17-3/h4-9,16H,1-3H3. The second kappa shape index (κ2) is 5.37. The first-order chi connectivity index (χ1) is 8.63. The van der Waals surface area contributed by atoms with Crippen LogP contribution in [0.15, 0.2) is 30.5 Å². The van der Waals surface area contributed by atoms with Gasteiger partial charge in [0, 0.05) is 13.2 Å². The third-order valence-electron chi connectivity index (χ3n) is 2.66. The predicted molar refractivity (Wildman–Crippen MR) is 73.8 cm³/mol. The molecule has 0 aliphatic rings. The molecule has 1 N–H and O–H groups in total. The highest BCUT2D eigenvalue weighted by molar-refractivity contribution is 7.15. The molecule has 0 bridgehead atoms. The van der Waals surface area contributed by atoms with Crippen molar-refractivity contribution >= 4 is 22.2 Å². The lowest BCUT2D eigenvalue weighted by molar-refractivity contribution is 0.203. The number of aliphatic hydroxyl groups is 1. The Morgan fingerprint density at radius 3 is 2.72 bits per heavy atom. The molecule has 96 valence electrons. The summed E-state index contributed by atoms with van der Waals surface area (Å²) in [6, 6.07) is 7.77. The highest BCUT2D eigenvalue weighted by Crippen LogP contribution is 2.35. The Morgan fingerprint density at radius 2 is 2.11 bits per heavy atom. The second-order valence-electron chi connectivity index (χ2n) is 3.95. The topological polar surface area (TPSA) is 45.6 Å². The number of hydrogen-bond donors (Lipinski definition) is 1. The molecular weight excluding hydrogens is 248 g/mol. The van der Waals surface area contributed by atoms with E-state index in [2.05, 4.69) is 4.98 Å². The van der Waals surface area contributed by atoms with E-state index < -0.39 is 6.10 Å². The molecule has 1 aromatic heterocycles. The van der Waals surface area contributed by atoms with E-state index in [0.717, 1.165) is 21.4 Å². The fraction of sp³-hybridized carbons (Fsp3) is 0.308. The highest BCUT2D eigenvalue weighted by Gasteiger charge is 2.14. The van der Waals surface area contributed by atoms with Gasteiger partial charge in [0.25, 0.3) is 0 Å². The van der Waals surface area contributed by atoms with Crippen LogP contribution in [0.2, 0.25) is 0 Å². The Bertz CT molecular complexity index is 525. The van der Waals surface area contributed by atoms with Gasteiger partial charge in [-0.2, -0.15) is 0 Å². The van der Waals surface area contributed by atoms with Gasteiger partial charge in [0.1, 0.15) is 5.75 Å². The van der Waals surface area contributed by atoms with Gasteiger partial charge < -0.3 is 14.7 Å². The van der Waals surface area contributed by atoms with Crippen LogP contribution in [0.5, 0.6) is 5.75 Å². The molecule has 5 heteroatoms. The minimum absolute atomic E-state index is 0.484. The molecular formula is C13H16N2O2S. The van der Waals surface area contributed by atoms with Crippen molar-refractivity contribution in [2.45, 2.75) is 13.0 Å². The summed E-state index contributed by atoms with van der Waals surface area (Å²) in [6.07, 6.45) is 1.22. The van der Waals surface area contributed by atoms with Gasteiger partial charge in [0.15, 0.2) is 5.13 Å². The van der Waals surface area contributed by atoms with Gasteiger partial charge in [-0.05, 0) is 19.1 Å². The minimum atomic E-state index is -0.484. The van der Waals surface area contributed by atoms with E-state index in [9.17, 15) is 5.11 Å². The lowest BCUT2D eigenvalue weighted by Crippen LogP contribution is -2.10. The summed E-state index contributed by atoms with van der Waals surface area (Å²) in [6.45, 7) is 1.74. The van der Waals surface area contributed by atoms with Crippen molar-refractivity contribution < 1.29 is 9.84 Å². The van der Waals surface area contributed by atoms with Crippen molar-refractivity contribution in [2.24, 2.45) is 0 Å². The summed E-state index contributed by atoms with van der Waals surface area (Å²) >= 11 is 1.47. The Hall–Kier alpha value is -1.59. The lowest BCUT2D eigenvalue weighted by Gasteiger charge is -2.18. The smallest absolute Gasteiger partial charge is 0.189 e. The molecule has 1 aromatic carbocycles. The molecule has 2 rings (SSSR count). The number of ether oxygens (including phenoxy) is 1. The molecule has 0 aliphatic carbocycles. The fourth-order valence-corrected chi connectivity index (χ4v) is 2.46. The molecule has 0 amide bonds. The SMILES string of the molecule is COc1ccccc1N(C)c1ncc(C(C)O)s1. The van der Waals surface area contributed by atoms with E-state index in [1.807, 2.05) is 36.2 Å². The van der Waals surface area contributed by atoms with Gasteiger partial charge in [-0.3, -0.25) is 0 Å². The van der Waals surface area contributed by atoms with Gasteiger partial charge in [-0.25, -0.2) is 4.98 Å². The number of methoxy groups -OCH3 is 1. The molecule has 0 saturated heterocycles. The maximum absolute atomic E-state index is 9.52. The summed E-state index contributed by atoms with van der Waals surface area (Å²) in [5, 5.41) is 10.3. The van der Waals surface area contributed by atoms with E-state index >= 15 is 0 Å². The van der Waals surface area contributed by atoms with E-state index in [-0.39, 0.29) is 0 Å². The molecule has 4 nitrogen and oxygen atoms in total. The van der Waals surface area contributed by atoms with Crippen molar-refractivity contribution in [3.8, 4) is 5.75 Å². The molecule has 0 radical (unpaired) electrons. The summed E-state index contributed by atoms with van der Waals surface area (Å²) in [7, 11) is 3.58. The number of benzene rings is 1. The minimum Gasteiger partial charge on any atom is -0.495 e. The van der Waals surface area contributed by atoms with Crippen molar-refractivity contribution in [1.82, 2.24) is 4.98 Å². The van der Waals surface area contributed by atoms with Crippen LogP contribution in [0.3, 0.4) is 0 Å². The quantitative estimate of drug-likeness (QED) is 0.922. The molecule has 0 aliphatic heterocycles. The number of hydrogen-bond acceptors (Lipinski definition) is 5. The summed E-state index contributed by atoms with van der Waals surface area (Å²) in [5.41, 5.74) is 0.950. The normalized spacial score (nSPS) is 12.2.